The molecule has 0 spiro atoms. The van der Waals surface area contributed by atoms with Gasteiger partial charge in [-0.15, -0.1) is 0 Å². The van der Waals surface area contributed by atoms with E-state index in [1.54, 1.807) is 18.2 Å². The van der Waals surface area contributed by atoms with E-state index in [1.165, 1.54) is 11.8 Å². The van der Waals surface area contributed by atoms with Crippen LogP contribution in [0.2, 0.25) is 10.0 Å². The van der Waals surface area contributed by atoms with Crippen LogP contribution in [0.25, 0.3) is 0 Å². The topological polar surface area (TPSA) is 72.6 Å². The summed E-state index contributed by atoms with van der Waals surface area (Å²) in [6.45, 7) is 1.72. The van der Waals surface area contributed by atoms with E-state index in [2.05, 4.69) is 0 Å². The molecule has 1 aromatic carbocycles. The number of primary amides is 1. The largest absolute Gasteiger partial charge is 0.351 e. The molecule has 2 amide bonds. The molecule has 0 bridgehead atoms. The summed E-state index contributed by atoms with van der Waals surface area (Å²) < 4.78 is 5.73. The minimum atomic E-state index is -0.635. The molecule has 1 saturated heterocycles. The van der Waals surface area contributed by atoms with E-state index >= 15 is 0 Å². The van der Waals surface area contributed by atoms with Crippen molar-refractivity contribution in [3.8, 4) is 0 Å². The lowest BCUT2D eigenvalue weighted by atomic mass is 10.1. The van der Waals surface area contributed by atoms with Gasteiger partial charge in [0, 0.05) is 0 Å². The summed E-state index contributed by atoms with van der Waals surface area (Å²) in [7, 11) is 0. The van der Waals surface area contributed by atoms with Crippen LogP contribution >= 0.6 is 23.2 Å². The van der Waals surface area contributed by atoms with Crippen LogP contribution in [0.3, 0.4) is 0 Å². The van der Waals surface area contributed by atoms with Crippen molar-refractivity contribution in [3.63, 3.8) is 0 Å². The Bertz CT molecular complexity index is 550. The molecule has 0 aliphatic carbocycles. The minimum Gasteiger partial charge on any atom is -0.351 e. The third-order valence-electron chi connectivity index (χ3n) is 3.09. The van der Waals surface area contributed by atoms with Crippen LogP contribution in [0.15, 0.2) is 18.2 Å². The fourth-order valence-electron chi connectivity index (χ4n) is 2.14. The zero-order chi connectivity index (χ0) is 14.9. The number of amides is 2. The van der Waals surface area contributed by atoms with Gasteiger partial charge in [0.2, 0.25) is 0 Å². The number of hydrogen-bond acceptors (Lipinski definition) is 3. The predicted octanol–water partition coefficient (Wildman–Crippen LogP) is 2.75. The maximum atomic E-state index is 11.4. The van der Waals surface area contributed by atoms with Crippen LogP contribution < -0.4 is 5.73 Å². The molecule has 1 aliphatic heterocycles. The normalized spacial score (nSPS) is 22.1. The van der Waals surface area contributed by atoms with Gasteiger partial charge in [0.15, 0.2) is 0 Å². The number of ketones is 1. The lowest BCUT2D eigenvalue weighted by Crippen LogP contribution is -2.40. The monoisotopic (exact) mass is 316 g/mol. The van der Waals surface area contributed by atoms with E-state index in [9.17, 15) is 9.59 Å². The highest BCUT2D eigenvalue weighted by Crippen LogP contribution is 2.33. The number of nitrogens with two attached hydrogens (primary N) is 1. The van der Waals surface area contributed by atoms with Gasteiger partial charge in [-0.05, 0) is 24.6 Å². The van der Waals surface area contributed by atoms with E-state index in [0.717, 1.165) is 5.56 Å². The number of rotatable bonds is 3. The lowest BCUT2D eigenvalue weighted by molar-refractivity contribution is -0.121. The smallest absolute Gasteiger partial charge is 0.316 e. The number of urea groups is 1. The first-order chi connectivity index (χ1) is 9.38. The Morgan fingerprint density at radius 1 is 1.40 bits per heavy atom. The molecule has 5 nitrogen and oxygen atoms in total. The minimum absolute atomic E-state index is 0.0731. The molecule has 2 atom stereocenters. The van der Waals surface area contributed by atoms with Crippen LogP contribution in [0.5, 0.6) is 0 Å². The molecule has 1 aliphatic rings. The van der Waals surface area contributed by atoms with Crippen molar-refractivity contribution in [3.05, 3.63) is 33.8 Å². The van der Waals surface area contributed by atoms with Crippen molar-refractivity contribution < 1.29 is 14.3 Å². The molecule has 0 radical (unpaired) electrons. The predicted molar refractivity (Wildman–Crippen MR) is 75.7 cm³/mol. The summed E-state index contributed by atoms with van der Waals surface area (Å²) in [5.41, 5.74) is 6.10. The van der Waals surface area contributed by atoms with Gasteiger partial charge in [-0.1, -0.05) is 29.3 Å². The number of benzene rings is 1. The average Bonchev–Trinajstić information content (AvgIpc) is 2.76. The molecule has 1 heterocycles. The standard InChI is InChI=1S/C13H14Cl2N2O3/c1-7(18)4-12-17(13(16)19)6-11(20-12)8-2-3-9(14)10(15)5-8/h2-3,5,11-12H,4,6H2,1H3,(H2,16,19). The van der Waals surface area contributed by atoms with Crippen molar-refractivity contribution in [1.82, 2.24) is 4.90 Å². The zero-order valence-electron chi connectivity index (χ0n) is 10.8. The Kier molecular flexibility index (Phi) is 4.52. The van der Waals surface area contributed by atoms with Gasteiger partial charge in [0.1, 0.15) is 18.1 Å². The van der Waals surface area contributed by atoms with Crippen LogP contribution in [-0.2, 0) is 9.53 Å². The molecule has 2 rings (SSSR count). The van der Waals surface area contributed by atoms with Crippen molar-refractivity contribution in [2.75, 3.05) is 6.54 Å². The molecule has 1 aromatic rings. The van der Waals surface area contributed by atoms with E-state index in [-0.39, 0.29) is 24.9 Å². The summed E-state index contributed by atoms with van der Waals surface area (Å²) in [5.74, 6) is -0.0731. The van der Waals surface area contributed by atoms with Gasteiger partial charge in [0.05, 0.1) is 23.0 Å². The highest BCUT2D eigenvalue weighted by Gasteiger charge is 2.36. The van der Waals surface area contributed by atoms with Gasteiger partial charge in [-0.3, -0.25) is 9.69 Å². The van der Waals surface area contributed by atoms with Crippen molar-refractivity contribution >= 4 is 35.0 Å². The van der Waals surface area contributed by atoms with Crippen molar-refractivity contribution in [1.29, 1.82) is 0 Å². The Balaban J connectivity index is 2.20. The van der Waals surface area contributed by atoms with E-state index in [4.69, 9.17) is 33.7 Å². The summed E-state index contributed by atoms with van der Waals surface area (Å²) in [6, 6.07) is 4.51. The zero-order valence-corrected chi connectivity index (χ0v) is 12.3. The molecule has 1 fully saturated rings. The summed E-state index contributed by atoms with van der Waals surface area (Å²) in [6.07, 6.45) is -0.896. The molecule has 0 saturated carbocycles. The quantitative estimate of drug-likeness (QED) is 0.931. The second-order valence-electron chi connectivity index (χ2n) is 4.65. The summed E-state index contributed by atoms with van der Waals surface area (Å²) >= 11 is 11.8. The molecule has 0 aromatic heterocycles. The highest BCUT2D eigenvalue weighted by atomic mass is 35.5. The second-order valence-corrected chi connectivity index (χ2v) is 5.46. The van der Waals surface area contributed by atoms with Gasteiger partial charge in [-0.2, -0.15) is 0 Å². The number of Topliss-reactive ketones (excluding diaryl/α,β-unsaturated/α-hetero) is 1. The Morgan fingerprint density at radius 3 is 2.65 bits per heavy atom. The van der Waals surface area contributed by atoms with Crippen molar-refractivity contribution in [2.45, 2.75) is 25.7 Å². The van der Waals surface area contributed by atoms with Crippen LogP contribution in [-0.4, -0.2) is 29.5 Å². The van der Waals surface area contributed by atoms with E-state index in [0.29, 0.717) is 10.0 Å². The molecular formula is C13H14Cl2N2O3. The lowest BCUT2D eigenvalue weighted by Gasteiger charge is -2.19. The molecule has 2 N–H and O–H groups in total. The molecular weight excluding hydrogens is 303 g/mol. The fourth-order valence-corrected chi connectivity index (χ4v) is 2.44. The van der Waals surface area contributed by atoms with Gasteiger partial charge in [0.25, 0.3) is 0 Å². The van der Waals surface area contributed by atoms with E-state index in [1.807, 2.05) is 0 Å². The van der Waals surface area contributed by atoms with E-state index < -0.39 is 12.3 Å². The first-order valence-corrected chi connectivity index (χ1v) is 6.80. The summed E-state index contributed by atoms with van der Waals surface area (Å²) in [4.78, 5) is 24.0. The maximum absolute atomic E-state index is 11.4. The first kappa shape index (κ1) is 15.1. The van der Waals surface area contributed by atoms with Crippen molar-refractivity contribution in [2.24, 2.45) is 5.73 Å². The Morgan fingerprint density at radius 2 is 2.10 bits per heavy atom. The highest BCUT2D eigenvalue weighted by molar-refractivity contribution is 6.42. The molecule has 2 unspecified atom stereocenters. The van der Waals surface area contributed by atoms with Gasteiger partial charge in [-0.25, -0.2) is 4.79 Å². The number of hydrogen-bond donors (Lipinski definition) is 1. The summed E-state index contributed by atoms with van der Waals surface area (Å²) in [5, 5.41) is 0.855. The third-order valence-corrected chi connectivity index (χ3v) is 3.83. The third kappa shape index (κ3) is 3.23. The number of carbonyl (C=O) groups excluding carboxylic acids is 2. The van der Waals surface area contributed by atoms with Gasteiger partial charge < -0.3 is 10.5 Å². The van der Waals surface area contributed by atoms with Crippen LogP contribution in [0.1, 0.15) is 25.0 Å². The van der Waals surface area contributed by atoms with Crippen LogP contribution in [0.4, 0.5) is 4.79 Å². The molecule has 7 heteroatoms. The maximum Gasteiger partial charge on any atom is 0.316 e. The molecule has 20 heavy (non-hydrogen) atoms. The Labute approximate surface area is 126 Å². The molecule has 108 valence electrons. The first-order valence-electron chi connectivity index (χ1n) is 6.04. The SMILES string of the molecule is CC(=O)CC1OC(c2ccc(Cl)c(Cl)c2)CN1C(N)=O. The fraction of sp³-hybridized carbons (Fsp3) is 0.385. The number of carbonyl (C=O) groups is 2. The second kappa shape index (κ2) is 5.99. The van der Waals surface area contributed by atoms with Gasteiger partial charge >= 0.3 is 6.03 Å². The van der Waals surface area contributed by atoms with Crippen LogP contribution in [0, 0.1) is 0 Å². The number of halogens is 2. The Hall–Kier alpha value is -1.30. The number of nitrogens with zero attached hydrogens (tertiary/aromatic N) is 1. The number of ether oxygens (including phenoxy) is 1. The average molecular weight is 317 g/mol.